The standard InChI is InChI=1S/C15H20N2O4/c1-15(2,3)21-14(20)17-7-6-9-11(8-17)10(13(18)19)4-5-12(9)16/h4-5H,6-8,16H2,1-3H3,(H,18,19). The highest BCUT2D eigenvalue weighted by Crippen LogP contribution is 2.28. The third-order valence-corrected chi connectivity index (χ3v) is 3.33. The lowest BCUT2D eigenvalue weighted by atomic mass is 9.93. The Morgan fingerprint density at radius 2 is 1.95 bits per heavy atom. The van der Waals surface area contributed by atoms with E-state index in [9.17, 15) is 14.7 Å². The average molecular weight is 292 g/mol. The highest BCUT2D eigenvalue weighted by atomic mass is 16.6. The summed E-state index contributed by atoms with van der Waals surface area (Å²) in [4.78, 5) is 24.9. The zero-order valence-electron chi connectivity index (χ0n) is 12.5. The van der Waals surface area contributed by atoms with Crippen molar-refractivity contribution in [2.45, 2.75) is 39.3 Å². The first-order chi connectivity index (χ1) is 9.69. The van der Waals surface area contributed by atoms with Crippen LogP contribution in [0.3, 0.4) is 0 Å². The zero-order valence-corrected chi connectivity index (χ0v) is 12.5. The number of amides is 1. The molecule has 21 heavy (non-hydrogen) atoms. The molecule has 0 spiro atoms. The van der Waals surface area contributed by atoms with E-state index in [1.165, 1.54) is 11.0 Å². The van der Waals surface area contributed by atoms with Crippen LogP contribution in [0.5, 0.6) is 0 Å². The van der Waals surface area contributed by atoms with E-state index < -0.39 is 17.7 Å². The second-order valence-electron chi connectivity index (χ2n) is 6.12. The van der Waals surface area contributed by atoms with Crippen LogP contribution in [0.1, 0.15) is 42.3 Å². The number of fused-ring (bicyclic) bond motifs is 1. The van der Waals surface area contributed by atoms with Crippen LogP contribution >= 0.6 is 0 Å². The fourth-order valence-electron chi connectivity index (χ4n) is 2.39. The van der Waals surface area contributed by atoms with Crippen LogP contribution in [0, 0.1) is 0 Å². The Kier molecular flexibility index (Phi) is 3.80. The van der Waals surface area contributed by atoms with Crippen molar-refractivity contribution in [3.05, 3.63) is 28.8 Å². The van der Waals surface area contributed by atoms with E-state index in [0.717, 1.165) is 5.56 Å². The number of benzene rings is 1. The van der Waals surface area contributed by atoms with Crippen LogP contribution in [0.15, 0.2) is 12.1 Å². The van der Waals surface area contributed by atoms with Gasteiger partial charge in [0.15, 0.2) is 0 Å². The molecule has 2 rings (SSSR count). The van der Waals surface area contributed by atoms with Crippen LogP contribution in [-0.2, 0) is 17.7 Å². The zero-order chi connectivity index (χ0) is 15.8. The summed E-state index contributed by atoms with van der Waals surface area (Å²) in [6.45, 7) is 6.06. The van der Waals surface area contributed by atoms with E-state index in [0.29, 0.717) is 24.2 Å². The van der Waals surface area contributed by atoms with Crippen molar-refractivity contribution in [1.82, 2.24) is 4.90 Å². The van der Waals surface area contributed by atoms with E-state index in [1.54, 1.807) is 26.8 Å². The third kappa shape index (κ3) is 3.26. The minimum atomic E-state index is -1.02. The molecule has 1 aliphatic rings. The number of hydrogen-bond donors (Lipinski definition) is 2. The van der Waals surface area contributed by atoms with E-state index >= 15 is 0 Å². The highest BCUT2D eigenvalue weighted by Gasteiger charge is 2.29. The van der Waals surface area contributed by atoms with Gasteiger partial charge in [-0.2, -0.15) is 0 Å². The Labute approximate surface area is 123 Å². The fourth-order valence-corrected chi connectivity index (χ4v) is 2.39. The molecule has 0 saturated carbocycles. The van der Waals surface area contributed by atoms with Crippen LogP contribution in [0.25, 0.3) is 0 Å². The number of ether oxygens (including phenoxy) is 1. The fraction of sp³-hybridized carbons (Fsp3) is 0.467. The van der Waals surface area contributed by atoms with E-state index in [1.807, 2.05) is 0 Å². The van der Waals surface area contributed by atoms with Gasteiger partial charge < -0.3 is 20.5 Å². The molecule has 0 radical (unpaired) electrons. The number of anilines is 1. The van der Waals surface area contributed by atoms with E-state index in [-0.39, 0.29) is 12.1 Å². The number of carbonyl (C=O) groups excluding carboxylic acids is 1. The average Bonchev–Trinajstić information content (AvgIpc) is 2.36. The van der Waals surface area contributed by atoms with Crippen LogP contribution < -0.4 is 5.73 Å². The molecule has 1 amide bonds. The summed E-state index contributed by atoms with van der Waals surface area (Å²) in [7, 11) is 0. The lowest BCUT2D eigenvalue weighted by molar-refractivity contribution is 0.0221. The summed E-state index contributed by atoms with van der Waals surface area (Å²) in [5.74, 6) is -1.02. The highest BCUT2D eigenvalue weighted by molar-refractivity contribution is 5.91. The molecule has 1 aromatic rings. The number of hydrogen-bond acceptors (Lipinski definition) is 4. The van der Waals surface area contributed by atoms with Crippen LogP contribution in [0.4, 0.5) is 10.5 Å². The number of carboxylic acids is 1. The van der Waals surface area contributed by atoms with Gasteiger partial charge in [-0.3, -0.25) is 0 Å². The maximum atomic E-state index is 12.1. The SMILES string of the molecule is CC(C)(C)OC(=O)N1CCc2c(N)ccc(C(=O)O)c2C1. The first kappa shape index (κ1) is 15.2. The number of rotatable bonds is 1. The van der Waals surface area contributed by atoms with Crippen LogP contribution in [-0.4, -0.2) is 34.2 Å². The number of nitrogens with two attached hydrogens (primary N) is 1. The lowest BCUT2D eigenvalue weighted by Gasteiger charge is -2.32. The number of nitrogen functional groups attached to an aromatic ring is 1. The minimum Gasteiger partial charge on any atom is -0.478 e. The second kappa shape index (κ2) is 5.27. The molecule has 114 valence electrons. The predicted molar refractivity (Wildman–Crippen MR) is 78.2 cm³/mol. The monoisotopic (exact) mass is 292 g/mol. The van der Waals surface area contributed by atoms with Crippen molar-refractivity contribution in [3.8, 4) is 0 Å². The number of carbonyl (C=O) groups is 2. The normalized spacial score (nSPS) is 14.5. The van der Waals surface area contributed by atoms with Crippen LogP contribution in [0.2, 0.25) is 0 Å². The molecule has 0 aromatic heterocycles. The molecular formula is C15H20N2O4. The Balaban J connectivity index is 2.29. The molecule has 3 N–H and O–H groups in total. The Morgan fingerprint density at radius 3 is 2.52 bits per heavy atom. The van der Waals surface area contributed by atoms with Gasteiger partial charge in [0.05, 0.1) is 12.1 Å². The van der Waals surface area contributed by atoms with Crippen molar-refractivity contribution >= 4 is 17.7 Å². The molecule has 1 aliphatic heterocycles. The summed E-state index contributed by atoms with van der Waals surface area (Å²) >= 11 is 0. The predicted octanol–water partition coefficient (Wildman–Crippen LogP) is 2.26. The van der Waals surface area contributed by atoms with Gasteiger partial charge in [0.2, 0.25) is 0 Å². The molecule has 0 aliphatic carbocycles. The van der Waals surface area contributed by atoms with Gasteiger partial charge in [-0.1, -0.05) is 0 Å². The molecule has 0 unspecified atom stereocenters. The van der Waals surface area contributed by atoms with Crippen molar-refractivity contribution in [1.29, 1.82) is 0 Å². The molecule has 1 aromatic carbocycles. The Hall–Kier alpha value is -2.24. The summed E-state index contributed by atoms with van der Waals surface area (Å²) in [6.07, 6.45) is 0.0913. The maximum absolute atomic E-state index is 12.1. The van der Waals surface area contributed by atoms with Crippen molar-refractivity contribution in [2.24, 2.45) is 0 Å². The van der Waals surface area contributed by atoms with Gasteiger partial charge in [-0.15, -0.1) is 0 Å². The molecular weight excluding hydrogens is 272 g/mol. The summed E-state index contributed by atoms with van der Waals surface area (Å²) in [6, 6.07) is 3.08. The lowest BCUT2D eigenvalue weighted by Crippen LogP contribution is -2.40. The maximum Gasteiger partial charge on any atom is 0.410 e. The summed E-state index contributed by atoms with van der Waals surface area (Å²) < 4.78 is 5.33. The van der Waals surface area contributed by atoms with Gasteiger partial charge >= 0.3 is 12.1 Å². The van der Waals surface area contributed by atoms with Gasteiger partial charge in [-0.05, 0) is 50.5 Å². The first-order valence-electron chi connectivity index (χ1n) is 6.80. The smallest absolute Gasteiger partial charge is 0.410 e. The topological polar surface area (TPSA) is 92.9 Å². The van der Waals surface area contributed by atoms with E-state index in [4.69, 9.17) is 10.5 Å². The van der Waals surface area contributed by atoms with Crippen molar-refractivity contribution in [3.63, 3.8) is 0 Å². The van der Waals surface area contributed by atoms with Crippen molar-refractivity contribution < 1.29 is 19.4 Å². The quantitative estimate of drug-likeness (QED) is 0.774. The molecule has 0 saturated heterocycles. The Morgan fingerprint density at radius 1 is 1.29 bits per heavy atom. The van der Waals surface area contributed by atoms with Gasteiger partial charge in [0.25, 0.3) is 0 Å². The van der Waals surface area contributed by atoms with Crippen molar-refractivity contribution in [2.75, 3.05) is 12.3 Å². The molecule has 1 heterocycles. The summed E-state index contributed by atoms with van der Waals surface area (Å²) in [5, 5.41) is 9.27. The first-order valence-corrected chi connectivity index (χ1v) is 6.80. The largest absolute Gasteiger partial charge is 0.478 e. The van der Waals surface area contributed by atoms with Gasteiger partial charge in [0.1, 0.15) is 5.60 Å². The molecule has 6 heteroatoms. The second-order valence-corrected chi connectivity index (χ2v) is 6.12. The number of carboxylic acid groups (broad SMARTS) is 1. The van der Waals surface area contributed by atoms with Gasteiger partial charge in [0, 0.05) is 12.2 Å². The minimum absolute atomic E-state index is 0.187. The van der Waals surface area contributed by atoms with Gasteiger partial charge in [-0.25, -0.2) is 9.59 Å². The molecule has 0 fully saturated rings. The number of nitrogens with zero attached hydrogens (tertiary/aromatic N) is 1. The number of aromatic carboxylic acids is 1. The molecule has 0 bridgehead atoms. The van der Waals surface area contributed by atoms with E-state index in [2.05, 4.69) is 0 Å². The Bertz CT molecular complexity index is 590. The molecule has 6 nitrogen and oxygen atoms in total. The third-order valence-electron chi connectivity index (χ3n) is 3.33. The summed E-state index contributed by atoms with van der Waals surface area (Å²) in [5.41, 5.74) is 7.49. The molecule has 0 atom stereocenters.